The molecule has 7 heteroatoms. The van der Waals surface area contributed by atoms with Crippen LogP contribution in [0.25, 0.3) is 0 Å². The summed E-state index contributed by atoms with van der Waals surface area (Å²) in [4.78, 5) is 24.3. The van der Waals surface area contributed by atoms with Crippen LogP contribution in [-0.4, -0.2) is 18.4 Å². The molecule has 0 atom stereocenters. The van der Waals surface area contributed by atoms with Crippen molar-refractivity contribution in [3.8, 4) is 0 Å². The molecule has 0 radical (unpaired) electrons. The van der Waals surface area contributed by atoms with Crippen LogP contribution in [0.1, 0.15) is 27.0 Å². The molecule has 0 spiro atoms. The summed E-state index contributed by atoms with van der Waals surface area (Å²) in [5.41, 5.74) is 1.21. The molecule has 1 heterocycles. The molecule has 21 heavy (non-hydrogen) atoms. The van der Waals surface area contributed by atoms with Crippen molar-refractivity contribution in [2.45, 2.75) is 6.92 Å². The van der Waals surface area contributed by atoms with E-state index in [2.05, 4.69) is 42.5 Å². The highest BCUT2D eigenvalue weighted by Gasteiger charge is 2.12. The Morgan fingerprint density at radius 3 is 2.33 bits per heavy atom. The minimum absolute atomic E-state index is 0.124. The average molecular weight is 432 g/mol. The van der Waals surface area contributed by atoms with Crippen LogP contribution in [0.3, 0.4) is 0 Å². The van der Waals surface area contributed by atoms with Gasteiger partial charge in [-0.2, -0.15) is 0 Å². The van der Waals surface area contributed by atoms with E-state index in [1.165, 1.54) is 11.3 Å². The van der Waals surface area contributed by atoms with Crippen molar-refractivity contribution in [2.75, 3.05) is 11.9 Å². The molecule has 4 nitrogen and oxygen atoms in total. The summed E-state index contributed by atoms with van der Waals surface area (Å²) in [6.45, 7) is 2.45. The monoisotopic (exact) mass is 430 g/mol. The average Bonchev–Trinajstić information content (AvgIpc) is 2.80. The topological polar surface area (TPSA) is 58.2 Å². The smallest absolute Gasteiger partial charge is 0.265 e. The Balaban J connectivity index is 2.06. The van der Waals surface area contributed by atoms with Crippen molar-refractivity contribution in [3.63, 3.8) is 0 Å². The molecule has 0 aliphatic heterocycles. The number of thiophene rings is 1. The van der Waals surface area contributed by atoms with Gasteiger partial charge in [0.05, 0.1) is 8.66 Å². The number of carbonyl (C=O) groups is 2. The predicted octanol–water partition coefficient (Wildman–Crippen LogP) is 4.28. The zero-order chi connectivity index (χ0) is 15.4. The van der Waals surface area contributed by atoms with E-state index in [-0.39, 0.29) is 11.8 Å². The largest absolute Gasteiger partial charge is 0.352 e. The van der Waals surface area contributed by atoms with Crippen LogP contribution in [-0.2, 0) is 0 Å². The summed E-state index contributed by atoms with van der Waals surface area (Å²) in [5, 5.41) is 5.52. The number of nitrogens with one attached hydrogen (secondary N) is 2. The zero-order valence-electron chi connectivity index (χ0n) is 11.1. The summed E-state index contributed by atoms with van der Waals surface area (Å²) in [5.74, 6) is -0.307. The van der Waals surface area contributed by atoms with Crippen molar-refractivity contribution in [1.29, 1.82) is 0 Å². The second-order valence-electron chi connectivity index (χ2n) is 4.12. The fourth-order valence-electron chi connectivity index (χ4n) is 1.62. The first kappa shape index (κ1) is 16.2. The van der Waals surface area contributed by atoms with Gasteiger partial charge in [0.15, 0.2) is 0 Å². The van der Waals surface area contributed by atoms with Crippen LogP contribution < -0.4 is 10.6 Å². The first-order chi connectivity index (χ1) is 10.0. The van der Waals surface area contributed by atoms with E-state index in [1.54, 1.807) is 30.3 Å². The third kappa shape index (κ3) is 4.15. The van der Waals surface area contributed by atoms with Crippen molar-refractivity contribution in [2.24, 2.45) is 0 Å². The quantitative estimate of drug-likeness (QED) is 0.759. The Morgan fingerprint density at radius 1 is 1.14 bits per heavy atom. The maximum absolute atomic E-state index is 12.1. The van der Waals surface area contributed by atoms with Gasteiger partial charge in [0.2, 0.25) is 0 Å². The lowest BCUT2D eigenvalue weighted by Gasteiger charge is -2.05. The number of amides is 2. The van der Waals surface area contributed by atoms with Gasteiger partial charge >= 0.3 is 0 Å². The van der Waals surface area contributed by atoms with Gasteiger partial charge in [-0.15, -0.1) is 11.3 Å². The normalized spacial score (nSPS) is 10.2. The number of rotatable bonds is 4. The fourth-order valence-corrected chi connectivity index (χ4v) is 3.55. The molecule has 0 unspecified atom stereocenters. The zero-order valence-corrected chi connectivity index (χ0v) is 15.1. The Hall–Kier alpha value is -1.18. The molecule has 2 rings (SSSR count). The van der Waals surface area contributed by atoms with Crippen LogP contribution in [0.2, 0.25) is 0 Å². The van der Waals surface area contributed by atoms with Crippen LogP contribution in [0.4, 0.5) is 5.69 Å². The first-order valence-corrected chi connectivity index (χ1v) is 8.56. The number of benzene rings is 1. The van der Waals surface area contributed by atoms with Crippen LogP contribution in [0.15, 0.2) is 38.6 Å². The van der Waals surface area contributed by atoms with Crippen molar-refractivity contribution in [1.82, 2.24) is 5.32 Å². The summed E-state index contributed by atoms with van der Waals surface area (Å²) in [6, 6.07) is 8.54. The van der Waals surface area contributed by atoms with Gasteiger partial charge in [-0.1, -0.05) is 0 Å². The fraction of sp³-hybridized carbons (Fsp3) is 0.143. The Labute approximate surface area is 143 Å². The van der Waals surface area contributed by atoms with E-state index in [1.807, 2.05) is 6.92 Å². The lowest BCUT2D eigenvalue weighted by atomic mass is 10.2. The number of halogens is 2. The van der Waals surface area contributed by atoms with Gasteiger partial charge in [-0.3, -0.25) is 9.59 Å². The summed E-state index contributed by atoms with van der Waals surface area (Å²) in [7, 11) is 0. The van der Waals surface area contributed by atoms with Crippen molar-refractivity contribution in [3.05, 3.63) is 49.0 Å². The van der Waals surface area contributed by atoms with E-state index >= 15 is 0 Å². The highest BCUT2D eigenvalue weighted by molar-refractivity contribution is 9.13. The first-order valence-electron chi connectivity index (χ1n) is 6.15. The molecule has 0 fully saturated rings. The minimum atomic E-state index is -0.183. The molecule has 2 N–H and O–H groups in total. The van der Waals surface area contributed by atoms with E-state index in [4.69, 9.17) is 0 Å². The molecule has 0 bridgehead atoms. The van der Waals surface area contributed by atoms with E-state index < -0.39 is 0 Å². The molecule has 2 aromatic rings. The lowest BCUT2D eigenvalue weighted by Crippen LogP contribution is -2.22. The molecule has 0 aliphatic rings. The molecule has 1 aromatic heterocycles. The molecular formula is C14H12Br2N2O2S. The summed E-state index contributed by atoms with van der Waals surface area (Å²) in [6.07, 6.45) is 0. The van der Waals surface area contributed by atoms with Gasteiger partial charge in [0, 0.05) is 22.3 Å². The molecule has 0 saturated carbocycles. The Kier molecular flexibility index (Phi) is 5.55. The van der Waals surface area contributed by atoms with Gasteiger partial charge in [-0.05, 0) is 69.1 Å². The number of carbonyl (C=O) groups excluding carboxylic acids is 2. The third-order valence-electron chi connectivity index (χ3n) is 2.61. The lowest BCUT2D eigenvalue weighted by molar-refractivity contribution is 0.0955. The third-order valence-corrected chi connectivity index (χ3v) is 5.87. The molecule has 1 aromatic carbocycles. The number of anilines is 1. The maximum Gasteiger partial charge on any atom is 0.265 e. The molecule has 2 amide bonds. The highest BCUT2D eigenvalue weighted by atomic mass is 79.9. The molecule has 110 valence electrons. The molecule has 0 aliphatic carbocycles. The van der Waals surface area contributed by atoms with E-state index in [0.717, 1.165) is 8.26 Å². The predicted molar refractivity (Wildman–Crippen MR) is 92.1 cm³/mol. The Bertz CT molecular complexity index is 649. The summed E-state index contributed by atoms with van der Waals surface area (Å²) >= 11 is 8.06. The second kappa shape index (κ2) is 7.20. The van der Waals surface area contributed by atoms with Crippen LogP contribution in [0, 0.1) is 0 Å². The maximum atomic E-state index is 12.1. The number of hydrogen-bond acceptors (Lipinski definition) is 3. The van der Waals surface area contributed by atoms with Gasteiger partial charge in [-0.25, -0.2) is 0 Å². The standard InChI is InChI=1S/C14H12Br2N2O2S/c1-2-17-13(19)8-3-5-9(6-4-8)18-14(20)11-7-10(15)12(16)21-11/h3-7H,2H2,1H3,(H,17,19)(H,18,20). The van der Waals surface area contributed by atoms with E-state index in [0.29, 0.717) is 22.7 Å². The highest BCUT2D eigenvalue weighted by Crippen LogP contribution is 2.32. The van der Waals surface area contributed by atoms with Crippen molar-refractivity contribution < 1.29 is 9.59 Å². The minimum Gasteiger partial charge on any atom is -0.352 e. The molecular weight excluding hydrogens is 420 g/mol. The van der Waals surface area contributed by atoms with E-state index in [9.17, 15) is 9.59 Å². The Morgan fingerprint density at radius 2 is 1.81 bits per heavy atom. The van der Waals surface area contributed by atoms with Crippen LogP contribution >= 0.6 is 43.2 Å². The molecule has 0 saturated heterocycles. The van der Waals surface area contributed by atoms with Crippen LogP contribution in [0.5, 0.6) is 0 Å². The van der Waals surface area contributed by atoms with Gasteiger partial charge in [0.25, 0.3) is 11.8 Å². The SMILES string of the molecule is CCNC(=O)c1ccc(NC(=O)c2cc(Br)c(Br)s2)cc1. The van der Waals surface area contributed by atoms with Gasteiger partial charge in [0.1, 0.15) is 0 Å². The number of hydrogen-bond donors (Lipinski definition) is 2. The second-order valence-corrected chi connectivity index (χ2v) is 7.35. The van der Waals surface area contributed by atoms with Crippen molar-refractivity contribution >= 4 is 60.7 Å². The summed E-state index contributed by atoms with van der Waals surface area (Å²) < 4.78 is 1.73. The van der Waals surface area contributed by atoms with Gasteiger partial charge < -0.3 is 10.6 Å².